The van der Waals surface area contributed by atoms with Gasteiger partial charge in [0.15, 0.2) is 11.5 Å². The van der Waals surface area contributed by atoms with Gasteiger partial charge in [0.1, 0.15) is 13.2 Å². The Morgan fingerprint density at radius 1 is 1.16 bits per heavy atom. The smallest absolute Gasteiger partial charge is 0.319 e. The topological polar surface area (TPSA) is 59.6 Å². The number of carbonyl (C=O) groups excluding carboxylic acids is 1. The number of anilines is 1. The molecule has 0 bridgehead atoms. The average Bonchev–Trinajstić information content (AvgIpc) is 2.63. The highest BCUT2D eigenvalue weighted by Crippen LogP contribution is 2.32. The molecule has 5 nitrogen and oxygen atoms in total. The summed E-state index contributed by atoms with van der Waals surface area (Å²) in [5.41, 5.74) is 1.79. The fourth-order valence-corrected chi connectivity index (χ4v) is 3.38. The van der Waals surface area contributed by atoms with Gasteiger partial charge in [0, 0.05) is 4.90 Å². The predicted octanol–water partition coefficient (Wildman–Crippen LogP) is 4.45. The second-order valence-electron chi connectivity index (χ2n) is 5.65. The maximum absolute atomic E-state index is 12.4. The minimum atomic E-state index is -0.230. The number of para-hydroxylation sites is 1. The number of ether oxygens (including phenoxy) is 2. The molecule has 2 aromatic rings. The van der Waals surface area contributed by atoms with Crippen LogP contribution < -0.4 is 20.1 Å². The Hall–Kier alpha value is -2.34. The molecule has 1 aliphatic rings. The Morgan fingerprint density at radius 3 is 2.72 bits per heavy atom. The molecule has 1 heterocycles. The summed E-state index contributed by atoms with van der Waals surface area (Å²) in [7, 11) is 0. The standard InChI is InChI=1S/C19H22N2O3S/c1-3-25-18-7-5-4-6-15(18)21-19(22)20-13(2)14-8-9-16-17(12-14)24-11-10-23-16/h4-9,12-13H,3,10-11H2,1-2H3,(H2,20,21,22)/t13-/m0/s1. The zero-order chi connectivity index (χ0) is 17.6. The van der Waals surface area contributed by atoms with Gasteiger partial charge in [-0.15, -0.1) is 11.8 Å². The number of hydrogen-bond donors (Lipinski definition) is 2. The number of rotatable bonds is 5. The number of amides is 2. The van der Waals surface area contributed by atoms with E-state index in [1.54, 1.807) is 11.8 Å². The summed E-state index contributed by atoms with van der Waals surface area (Å²) in [6.07, 6.45) is 0. The van der Waals surface area contributed by atoms with E-state index in [9.17, 15) is 4.79 Å². The van der Waals surface area contributed by atoms with Crippen molar-refractivity contribution in [1.29, 1.82) is 0 Å². The molecule has 0 spiro atoms. The van der Waals surface area contributed by atoms with Gasteiger partial charge in [-0.05, 0) is 42.5 Å². The van der Waals surface area contributed by atoms with E-state index in [-0.39, 0.29) is 12.1 Å². The van der Waals surface area contributed by atoms with Crippen molar-refractivity contribution in [2.75, 3.05) is 24.3 Å². The quantitative estimate of drug-likeness (QED) is 0.775. The Balaban J connectivity index is 1.65. The highest BCUT2D eigenvalue weighted by atomic mass is 32.2. The molecule has 2 aromatic carbocycles. The summed E-state index contributed by atoms with van der Waals surface area (Å²) >= 11 is 1.70. The summed E-state index contributed by atoms with van der Waals surface area (Å²) in [4.78, 5) is 13.4. The first-order chi connectivity index (χ1) is 12.2. The Labute approximate surface area is 152 Å². The van der Waals surface area contributed by atoms with Gasteiger partial charge in [-0.1, -0.05) is 25.1 Å². The number of urea groups is 1. The molecule has 0 saturated heterocycles. The molecular formula is C19H22N2O3S. The van der Waals surface area contributed by atoms with Crippen LogP contribution in [-0.4, -0.2) is 25.0 Å². The number of fused-ring (bicyclic) bond motifs is 1. The molecular weight excluding hydrogens is 336 g/mol. The summed E-state index contributed by atoms with van der Waals surface area (Å²) in [5, 5.41) is 5.90. The highest BCUT2D eigenvalue weighted by molar-refractivity contribution is 7.99. The molecule has 3 rings (SSSR count). The van der Waals surface area contributed by atoms with Gasteiger partial charge in [-0.25, -0.2) is 4.79 Å². The van der Waals surface area contributed by atoms with Crippen molar-refractivity contribution in [3.8, 4) is 11.5 Å². The largest absolute Gasteiger partial charge is 0.486 e. The number of nitrogens with one attached hydrogen (secondary N) is 2. The van der Waals surface area contributed by atoms with Crippen molar-refractivity contribution >= 4 is 23.5 Å². The maximum atomic E-state index is 12.4. The SMILES string of the molecule is CCSc1ccccc1NC(=O)N[C@@H](C)c1ccc2c(c1)OCCO2. The molecule has 0 aliphatic carbocycles. The number of benzene rings is 2. The van der Waals surface area contributed by atoms with Crippen molar-refractivity contribution in [2.45, 2.75) is 24.8 Å². The van der Waals surface area contributed by atoms with Crippen LogP contribution in [0.2, 0.25) is 0 Å². The van der Waals surface area contributed by atoms with Crippen LogP contribution in [0, 0.1) is 0 Å². The van der Waals surface area contributed by atoms with Crippen LogP contribution in [0.1, 0.15) is 25.5 Å². The Morgan fingerprint density at radius 2 is 1.92 bits per heavy atom. The third-order valence-electron chi connectivity index (χ3n) is 3.85. The molecule has 0 fully saturated rings. The van der Waals surface area contributed by atoms with Gasteiger partial charge in [0.05, 0.1) is 11.7 Å². The second kappa shape index (κ2) is 8.16. The van der Waals surface area contributed by atoms with E-state index in [0.717, 1.165) is 33.4 Å². The first kappa shape index (κ1) is 17.5. The number of thioether (sulfide) groups is 1. The molecule has 0 saturated carbocycles. The lowest BCUT2D eigenvalue weighted by Crippen LogP contribution is -2.31. The van der Waals surface area contributed by atoms with Gasteiger partial charge in [-0.2, -0.15) is 0 Å². The normalized spacial score (nSPS) is 13.8. The first-order valence-electron chi connectivity index (χ1n) is 8.36. The van der Waals surface area contributed by atoms with Crippen LogP contribution in [0.4, 0.5) is 10.5 Å². The molecule has 132 valence electrons. The van der Waals surface area contributed by atoms with Crippen LogP contribution in [-0.2, 0) is 0 Å². The Kier molecular flexibility index (Phi) is 5.71. The molecule has 2 amide bonds. The van der Waals surface area contributed by atoms with E-state index >= 15 is 0 Å². The maximum Gasteiger partial charge on any atom is 0.319 e. The summed E-state index contributed by atoms with van der Waals surface area (Å²) in [5.74, 6) is 2.42. The number of hydrogen-bond acceptors (Lipinski definition) is 4. The summed E-state index contributed by atoms with van der Waals surface area (Å²) < 4.78 is 11.1. The lowest BCUT2D eigenvalue weighted by Gasteiger charge is -2.21. The van der Waals surface area contributed by atoms with Gasteiger partial charge >= 0.3 is 6.03 Å². The van der Waals surface area contributed by atoms with Crippen LogP contribution in [0.3, 0.4) is 0 Å². The minimum absolute atomic E-state index is 0.151. The molecule has 1 atom stereocenters. The zero-order valence-corrected chi connectivity index (χ0v) is 15.2. The van der Waals surface area contributed by atoms with Crippen LogP contribution in [0.25, 0.3) is 0 Å². The lowest BCUT2D eigenvalue weighted by molar-refractivity contribution is 0.171. The first-order valence-corrected chi connectivity index (χ1v) is 9.35. The molecule has 1 aliphatic heterocycles. The van der Waals surface area contributed by atoms with E-state index in [2.05, 4.69) is 17.6 Å². The predicted molar refractivity (Wildman–Crippen MR) is 101 cm³/mol. The van der Waals surface area contributed by atoms with E-state index in [0.29, 0.717) is 13.2 Å². The molecule has 0 aromatic heterocycles. The summed E-state index contributed by atoms with van der Waals surface area (Å²) in [6.45, 7) is 5.14. The van der Waals surface area contributed by atoms with E-state index in [1.807, 2.05) is 49.4 Å². The lowest BCUT2D eigenvalue weighted by atomic mass is 10.1. The Bertz CT molecular complexity index is 751. The average molecular weight is 358 g/mol. The monoisotopic (exact) mass is 358 g/mol. The molecule has 0 radical (unpaired) electrons. The van der Waals surface area contributed by atoms with E-state index < -0.39 is 0 Å². The van der Waals surface area contributed by atoms with E-state index in [1.165, 1.54) is 0 Å². The van der Waals surface area contributed by atoms with Crippen LogP contribution >= 0.6 is 11.8 Å². The van der Waals surface area contributed by atoms with Crippen molar-refractivity contribution in [3.63, 3.8) is 0 Å². The summed E-state index contributed by atoms with van der Waals surface area (Å²) in [6, 6.07) is 13.2. The van der Waals surface area contributed by atoms with Gasteiger partial charge < -0.3 is 20.1 Å². The number of carbonyl (C=O) groups is 1. The molecule has 25 heavy (non-hydrogen) atoms. The molecule has 2 N–H and O–H groups in total. The molecule has 0 unspecified atom stereocenters. The fourth-order valence-electron chi connectivity index (χ4n) is 2.62. The van der Waals surface area contributed by atoms with Gasteiger partial charge in [0.2, 0.25) is 0 Å². The second-order valence-corrected chi connectivity index (χ2v) is 6.96. The van der Waals surface area contributed by atoms with Crippen LogP contribution in [0.5, 0.6) is 11.5 Å². The van der Waals surface area contributed by atoms with Gasteiger partial charge in [0.25, 0.3) is 0 Å². The zero-order valence-electron chi connectivity index (χ0n) is 14.4. The minimum Gasteiger partial charge on any atom is -0.486 e. The van der Waals surface area contributed by atoms with Crippen molar-refractivity contribution in [3.05, 3.63) is 48.0 Å². The highest BCUT2D eigenvalue weighted by Gasteiger charge is 2.16. The van der Waals surface area contributed by atoms with Crippen molar-refractivity contribution in [1.82, 2.24) is 5.32 Å². The van der Waals surface area contributed by atoms with Gasteiger partial charge in [-0.3, -0.25) is 0 Å². The van der Waals surface area contributed by atoms with Crippen LogP contribution in [0.15, 0.2) is 47.4 Å². The molecule has 6 heteroatoms. The van der Waals surface area contributed by atoms with Crippen molar-refractivity contribution < 1.29 is 14.3 Å². The van der Waals surface area contributed by atoms with E-state index in [4.69, 9.17) is 9.47 Å². The third kappa shape index (κ3) is 4.39. The van der Waals surface area contributed by atoms with Crippen molar-refractivity contribution in [2.24, 2.45) is 0 Å². The fraction of sp³-hybridized carbons (Fsp3) is 0.316. The third-order valence-corrected chi connectivity index (χ3v) is 4.80.